The standard InChI is InChI=1S/C35H37N3O3/c1-2-41-34(40)20-12-13-23-38-25-21-32(36-38)26-28-27-37(24-22-33(28)39)35(29-14-6-3-7-15-29,30-16-8-4-9-17-30)31-18-10-5-11-19-31/h3-11,14-19,21,25-26H,2,12-13,20,22-24,27H2,1H3/b28-26-. The Kier molecular flexibility index (Phi) is 9.22. The number of nitrogens with zero attached hydrogens (tertiary/aromatic N) is 3. The van der Waals surface area contributed by atoms with Gasteiger partial charge >= 0.3 is 5.97 Å². The summed E-state index contributed by atoms with van der Waals surface area (Å²) in [5.74, 6) is 0.00431. The third-order valence-electron chi connectivity index (χ3n) is 7.68. The maximum atomic E-state index is 13.2. The molecule has 0 unspecified atom stereocenters. The van der Waals surface area contributed by atoms with E-state index in [1.807, 2.05) is 48.1 Å². The first-order valence-corrected chi connectivity index (χ1v) is 14.5. The third kappa shape index (κ3) is 6.39. The van der Waals surface area contributed by atoms with E-state index in [0.717, 1.165) is 40.8 Å². The first kappa shape index (κ1) is 28.2. The topological polar surface area (TPSA) is 64.4 Å². The second-order valence-corrected chi connectivity index (χ2v) is 10.3. The van der Waals surface area contributed by atoms with Gasteiger partial charge in [-0.05, 0) is 48.6 Å². The van der Waals surface area contributed by atoms with Crippen LogP contribution in [0.4, 0.5) is 0 Å². The van der Waals surface area contributed by atoms with Crippen LogP contribution in [0.1, 0.15) is 55.0 Å². The fourth-order valence-corrected chi connectivity index (χ4v) is 5.80. The molecule has 0 aliphatic carbocycles. The lowest BCUT2D eigenvalue weighted by atomic mass is 9.74. The van der Waals surface area contributed by atoms with Crippen molar-refractivity contribution in [3.05, 3.63) is 131 Å². The molecule has 0 saturated carbocycles. The molecule has 1 fully saturated rings. The summed E-state index contributed by atoms with van der Waals surface area (Å²) in [7, 11) is 0. The summed E-state index contributed by atoms with van der Waals surface area (Å²) in [4.78, 5) is 27.3. The number of unbranched alkanes of at least 4 members (excludes halogenated alkanes) is 1. The predicted molar refractivity (Wildman–Crippen MR) is 161 cm³/mol. The van der Waals surface area contributed by atoms with Gasteiger partial charge in [0.15, 0.2) is 5.78 Å². The Balaban J connectivity index is 1.44. The zero-order valence-corrected chi connectivity index (χ0v) is 23.6. The van der Waals surface area contributed by atoms with Crippen molar-refractivity contribution in [3.63, 3.8) is 0 Å². The number of Topliss-reactive ketones (excluding diaryl/α,β-unsaturated/α-hetero) is 1. The van der Waals surface area contributed by atoms with Gasteiger partial charge in [0.05, 0.1) is 17.8 Å². The molecule has 6 heteroatoms. The van der Waals surface area contributed by atoms with Crippen LogP contribution in [-0.4, -0.2) is 46.1 Å². The molecule has 0 radical (unpaired) electrons. The van der Waals surface area contributed by atoms with E-state index in [0.29, 0.717) is 39.1 Å². The van der Waals surface area contributed by atoms with Crippen molar-refractivity contribution in [2.45, 2.75) is 44.7 Å². The fraction of sp³-hybridized carbons (Fsp3) is 0.286. The SMILES string of the molecule is CCOC(=O)CCCCn1ccc(/C=C2/CN(C(c3ccccc3)(c3ccccc3)c3ccccc3)CCC2=O)n1. The van der Waals surface area contributed by atoms with Gasteiger partial charge in [0.25, 0.3) is 0 Å². The van der Waals surface area contributed by atoms with E-state index < -0.39 is 5.54 Å². The summed E-state index contributed by atoms with van der Waals surface area (Å²) in [6, 6.07) is 33.7. The molecule has 0 N–H and O–H groups in total. The van der Waals surface area contributed by atoms with Crippen molar-refractivity contribution in [3.8, 4) is 0 Å². The minimum absolute atomic E-state index is 0.156. The summed E-state index contributed by atoms with van der Waals surface area (Å²) < 4.78 is 6.88. The number of ether oxygens (including phenoxy) is 1. The van der Waals surface area contributed by atoms with E-state index >= 15 is 0 Å². The molecular weight excluding hydrogens is 510 g/mol. The molecule has 1 aliphatic heterocycles. The van der Waals surface area contributed by atoms with Crippen molar-refractivity contribution >= 4 is 17.8 Å². The first-order valence-electron chi connectivity index (χ1n) is 14.5. The molecule has 1 saturated heterocycles. The highest BCUT2D eigenvalue weighted by atomic mass is 16.5. The highest BCUT2D eigenvalue weighted by molar-refractivity contribution is 6.00. The maximum Gasteiger partial charge on any atom is 0.305 e. The Labute approximate surface area is 242 Å². The van der Waals surface area contributed by atoms with E-state index in [-0.39, 0.29) is 11.8 Å². The van der Waals surface area contributed by atoms with Crippen LogP contribution in [0.2, 0.25) is 0 Å². The highest BCUT2D eigenvalue weighted by Gasteiger charge is 2.44. The molecule has 4 aromatic rings. The molecule has 5 rings (SSSR count). The third-order valence-corrected chi connectivity index (χ3v) is 7.68. The number of rotatable bonds is 11. The zero-order valence-electron chi connectivity index (χ0n) is 23.6. The van der Waals surface area contributed by atoms with Gasteiger partial charge in [0.1, 0.15) is 0 Å². The van der Waals surface area contributed by atoms with E-state index in [2.05, 4.69) is 77.7 Å². The minimum Gasteiger partial charge on any atom is -0.466 e. The quantitative estimate of drug-likeness (QED) is 0.0959. The number of likely N-dealkylation sites (tertiary alicyclic amines) is 1. The molecule has 210 valence electrons. The smallest absolute Gasteiger partial charge is 0.305 e. The van der Waals surface area contributed by atoms with Gasteiger partial charge in [0.2, 0.25) is 0 Å². The Morgan fingerprint density at radius 3 is 2.02 bits per heavy atom. The second-order valence-electron chi connectivity index (χ2n) is 10.3. The van der Waals surface area contributed by atoms with E-state index in [9.17, 15) is 9.59 Å². The minimum atomic E-state index is -0.568. The lowest BCUT2D eigenvalue weighted by Crippen LogP contribution is -2.52. The van der Waals surface area contributed by atoms with Crippen LogP contribution < -0.4 is 0 Å². The number of ketones is 1. The van der Waals surface area contributed by atoms with Crippen LogP contribution >= 0.6 is 0 Å². The number of aromatic nitrogens is 2. The summed E-state index contributed by atoms with van der Waals surface area (Å²) in [5, 5.41) is 4.71. The van der Waals surface area contributed by atoms with Gasteiger partial charge in [-0.2, -0.15) is 5.10 Å². The van der Waals surface area contributed by atoms with Crippen LogP contribution in [-0.2, 0) is 26.4 Å². The number of hydrogen-bond acceptors (Lipinski definition) is 5. The number of carbonyl (C=O) groups is 2. The van der Waals surface area contributed by atoms with Crippen LogP contribution in [0.25, 0.3) is 6.08 Å². The van der Waals surface area contributed by atoms with Crippen molar-refractivity contribution in [2.75, 3.05) is 19.7 Å². The van der Waals surface area contributed by atoms with Gasteiger partial charge in [0, 0.05) is 44.2 Å². The van der Waals surface area contributed by atoms with Crippen molar-refractivity contribution in [2.24, 2.45) is 0 Å². The van der Waals surface area contributed by atoms with Crippen molar-refractivity contribution in [1.82, 2.24) is 14.7 Å². The van der Waals surface area contributed by atoms with Crippen molar-refractivity contribution in [1.29, 1.82) is 0 Å². The fourth-order valence-electron chi connectivity index (χ4n) is 5.80. The summed E-state index contributed by atoms with van der Waals surface area (Å²) in [6.45, 7) is 4.09. The molecule has 0 atom stereocenters. The van der Waals surface area contributed by atoms with E-state index in [1.165, 1.54) is 0 Å². The highest BCUT2D eigenvalue weighted by Crippen LogP contribution is 2.43. The zero-order chi connectivity index (χ0) is 28.5. The molecule has 0 amide bonds. The summed E-state index contributed by atoms with van der Waals surface area (Å²) >= 11 is 0. The lowest BCUT2D eigenvalue weighted by Gasteiger charge is -2.47. The molecule has 0 bridgehead atoms. The van der Waals surface area contributed by atoms with Gasteiger partial charge < -0.3 is 4.74 Å². The molecule has 2 heterocycles. The number of piperidine rings is 1. The molecule has 1 aliphatic rings. The molecular formula is C35H37N3O3. The average molecular weight is 548 g/mol. The molecule has 6 nitrogen and oxygen atoms in total. The monoisotopic (exact) mass is 547 g/mol. The van der Waals surface area contributed by atoms with Crippen LogP contribution in [0.5, 0.6) is 0 Å². The number of carbonyl (C=O) groups excluding carboxylic acids is 2. The Morgan fingerprint density at radius 2 is 1.46 bits per heavy atom. The number of benzene rings is 3. The average Bonchev–Trinajstić information content (AvgIpc) is 3.46. The molecule has 3 aromatic carbocycles. The van der Waals surface area contributed by atoms with Gasteiger partial charge in [-0.1, -0.05) is 91.0 Å². The summed E-state index contributed by atoms with van der Waals surface area (Å²) in [5.41, 5.74) is 4.46. The molecule has 41 heavy (non-hydrogen) atoms. The normalized spacial score (nSPS) is 15.2. The Hall–Kier alpha value is -4.29. The van der Waals surface area contributed by atoms with Gasteiger partial charge in [-0.3, -0.25) is 19.2 Å². The Morgan fingerprint density at radius 1 is 0.878 bits per heavy atom. The number of esters is 1. The maximum absolute atomic E-state index is 13.2. The van der Waals surface area contributed by atoms with Gasteiger partial charge in [-0.15, -0.1) is 0 Å². The number of aryl methyl sites for hydroxylation is 1. The van der Waals surface area contributed by atoms with Crippen LogP contribution in [0.3, 0.4) is 0 Å². The second kappa shape index (κ2) is 13.4. The number of hydrogen-bond donors (Lipinski definition) is 0. The van der Waals surface area contributed by atoms with Crippen LogP contribution in [0.15, 0.2) is 109 Å². The predicted octanol–water partition coefficient (Wildman–Crippen LogP) is 6.27. The lowest BCUT2D eigenvalue weighted by molar-refractivity contribution is -0.143. The molecule has 1 aromatic heterocycles. The Bertz CT molecular complexity index is 1370. The van der Waals surface area contributed by atoms with E-state index in [1.54, 1.807) is 0 Å². The summed E-state index contributed by atoms with van der Waals surface area (Å²) in [6.07, 6.45) is 6.32. The van der Waals surface area contributed by atoms with Gasteiger partial charge in [-0.25, -0.2) is 0 Å². The van der Waals surface area contributed by atoms with E-state index in [4.69, 9.17) is 9.84 Å². The first-order chi connectivity index (χ1) is 20.1. The van der Waals surface area contributed by atoms with Crippen molar-refractivity contribution < 1.29 is 14.3 Å². The molecule has 0 spiro atoms. The van der Waals surface area contributed by atoms with Crippen LogP contribution in [0, 0.1) is 0 Å². The largest absolute Gasteiger partial charge is 0.466 e.